The Bertz CT molecular complexity index is 596. The van der Waals surface area contributed by atoms with Crippen LogP contribution in [0.2, 0.25) is 0 Å². The second kappa shape index (κ2) is 5.21. The highest BCUT2D eigenvalue weighted by Gasteiger charge is 2.17. The van der Waals surface area contributed by atoms with Crippen LogP contribution >= 0.6 is 15.9 Å². The Morgan fingerprint density at radius 1 is 1.37 bits per heavy atom. The number of benzene rings is 1. The third kappa shape index (κ3) is 2.73. The van der Waals surface area contributed by atoms with Gasteiger partial charge in [-0.1, -0.05) is 22.0 Å². The van der Waals surface area contributed by atoms with Crippen molar-refractivity contribution in [2.75, 3.05) is 11.9 Å². The van der Waals surface area contributed by atoms with E-state index in [0.717, 1.165) is 41.2 Å². The number of aromatic nitrogens is 1. The quantitative estimate of drug-likeness (QED) is 0.937. The van der Waals surface area contributed by atoms with Crippen molar-refractivity contribution in [2.24, 2.45) is 0 Å². The summed E-state index contributed by atoms with van der Waals surface area (Å²) in [4.78, 5) is 4.35. The van der Waals surface area contributed by atoms with Gasteiger partial charge in [-0.15, -0.1) is 0 Å². The fourth-order valence-electron chi connectivity index (χ4n) is 2.24. The molecule has 0 unspecified atom stereocenters. The molecule has 0 saturated carbocycles. The summed E-state index contributed by atoms with van der Waals surface area (Å²) in [6, 6.07) is 8.28. The van der Waals surface area contributed by atoms with E-state index in [-0.39, 0.29) is 0 Å². The molecule has 1 aliphatic heterocycles. The van der Waals surface area contributed by atoms with Gasteiger partial charge in [0.05, 0.1) is 6.61 Å². The highest BCUT2D eigenvalue weighted by molar-refractivity contribution is 9.10. The Morgan fingerprint density at radius 2 is 2.26 bits per heavy atom. The van der Waals surface area contributed by atoms with Crippen LogP contribution in [0.5, 0.6) is 5.75 Å². The largest absolute Gasteiger partial charge is 0.493 e. The molecule has 0 atom stereocenters. The maximum atomic E-state index is 5.71. The Morgan fingerprint density at radius 3 is 3.05 bits per heavy atom. The first kappa shape index (κ1) is 12.5. The van der Waals surface area contributed by atoms with E-state index in [2.05, 4.69) is 44.4 Å². The first-order chi connectivity index (χ1) is 9.22. The Labute approximate surface area is 121 Å². The van der Waals surface area contributed by atoms with Crippen LogP contribution in [0.15, 0.2) is 34.9 Å². The van der Waals surface area contributed by atoms with Gasteiger partial charge in [0.2, 0.25) is 0 Å². The maximum Gasteiger partial charge on any atom is 0.127 e. The summed E-state index contributed by atoms with van der Waals surface area (Å²) in [5, 5.41) is 3.33. The van der Waals surface area contributed by atoms with Crippen molar-refractivity contribution in [3.8, 4) is 5.75 Å². The summed E-state index contributed by atoms with van der Waals surface area (Å²) in [7, 11) is 0. The summed E-state index contributed by atoms with van der Waals surface area (Å²) in [6.45, 7) is 3.53. The van der Waals surface area contributed by atoms with Gasteiger partial charge in [-0.25, -0.2) is 4.98 Å². The molecule has 0 fully saturated rings. The predicted octanol–water partition coefficient (Wildman–Crippen LogP) is 3.70. The number of pyridine rings is 1. The lowest BCUT2D eigenvalue weighted by atomic mass is 10.1. The Balaban J connectivity index is 1.78. The van der Waals surface area contributed by atoms with Gasteiger partial charge < -0.3 is 10.1 Å². The van der Waals surface area contributed by atoms with Crippen molar-refractivity contribution in [1.29, 1.82) is 0 Å². The molecule has 98 valence electrons. The second-order valence-electron chi connectivity index (χ2n) is 4.73. The second-order valence-corrected chi connectivity index (χ2v) is 5.64. The molecule has 0 bridgehead atoms. The Hall–Kier alpha value is -1.55. The first-order valence-electron chi connectivity index (χ1n) is 6.33. The van der Waals surface area contributed by atoms with Crippen LogP contribution in [0.25, 0.3) is 0 Å². The smallest absolute Gasteiger partial charge is 0.127 e. The SMILES string of the molecule is Cc1ccc(NCc2cc(Br)cc3c2OCC3)nc1. The minimum atomic E-state index is 0.720. The lowest BCUT2D eigenvalue weighted by Gasteiger charge is -2.10. The van der Waals surface area contributed by atoms with Gasteiger partial charge >= 0.3 is 0 Å². The van der Waals surface area contributed by atoms with Crippen molar-refractivity contribution in [3.05, 3.63) is 51.6 Å². The van der Waals surface area contributed by atoms with E-state index in [9.17, 15) is 0 Å². The van der Waals surface area contributed by atoms with E-state index in [0.29, 0.717) is 0 Å². The molecule has 3 rings (SSSR count). The van der Waals surface area contributed by atoms with Crippen LogP contribution in [0.1, 0.15) is 16.7 Å². The summed E-state index contributed by atoms with van der Waals surface area (Å²) < 4.78 is 6.81. The molecule has 4 heteroatoms. The molecule has 0 radical (unpaired) electrons. The number of ether oxygens (including phenoxy) is 1. The van der Waals surface area contributed by atoms with Crippen molar-refractivity contribution >= 4 is 21.7 Å². The molecule has 0 aliphatic carbocycles. The normalized spacial score (nSPS) is 12.9. The molecule has 1 aliphatic rings. The number of aryl methyl sites for hydroxylation is 1. The van der Waals surface area contributed by atoms with E-state index < -0.39 is 0 Å². The minimum Gasteiger partial charge on any atom is -0.493 e. The van der Waals surface area contributed by atoms with Crippen molar-refractivity contribution < 1.29 is 4.74 Å². The average molecular weight is 319 g/mol. The third-order valence-corrected chi connectivity index (χ3v) is 3.65. The van der Waals surface area contributed by atoms with Gasteiger partial charge in [0, 0.05) is 29.2 Å². The molecular weight excluding hydrogens is 304 g/mol. The van der Waals surface area contributed by atoms with E-state index in [1.54, 1.807) is 0 Å². The lowest BCUT2D eigenvalue weighted by Crippen LogP contribution is -2.03. The number of anilines is 1. The van der Waals surface area contributed by atoms with Crippen LogP contribution < -0.4 is 10.1 Å². The zero-order chi connectivity index (χ0) is 13.2. The molecule has 0 spiro atoms. The number of nitrogens with one attached hydrogen (secondary N) is 1. The van der Waals surface area contributed by atoms with Gasteiger partial charge in [0.15, 0.2) is 0 Å². The number of hydrogen-bond donors (Lipinski definition) is 1. The lowest BCUT2D eigenvalue weighted by molar-refractivity contribution is 0.354. The number of halogens is 1. The Kier molecular flexibility index (Phi) is 3.42. The highest BCUT2D eigenvalue weighted by atomic mass is 79.9. The number of fused-ring (bicyclic) bond motifs is 1. The van der Waals surface area contributed by atoms with Crippen LogP contribution in [0.3, 0.4) is 0 Å². The van der Waals surface area contributed by atoms with Gasteiger partial charge in [0.25, 0.3) is 0 Å². The predicted molar refractivity (Wildman–Crippen MR) is 79.6 cm³/mol. The molecule has 19 heavy (non-hydrogen) atoms. The average Bonchev–Trinajstić information content (AvgIpc) is 2.85. The van der Waals surface area contributed by atoms with Crippen LogP contribution in [-0.2, 0) is 13.0 Å². The van der Waals surface area contributed by atoms with Crippen LogP contribution in [0.4, 0.5) is 5.82 Å². The van der Waals surface area contributed by atoms with Gasteiger partial charge in [-0.05, 0) is 36.2 Å². The van der Waals surface area contributed by atoms with Crippen molar-refractivity contribution in [1.82, 2.24) is 4.98 Å². The van der Waals surface area contributed by atoms with E-state index in [4.69, 9.17) is 4.74 Å². The van der Waals surface area contributed by atoms with Gasteiger partial charge in [0.1, 0.15) is 11.6 Å². The molecule has 2 heterocycles. The molecule has 1 aromatic heterocycles. The molecule has 1 N–H and O–H groups in total. The molecular formula is C15H15BrN2O. The number of hydrogen-bond acceptors (Lipinski definition) is 3. The fourth-order valence-corrected chi connectivity index (χ4v) is 2.79. The molecule has 0 amide bonds. The number of nitrogens with zero attached hydrogens (tertiary/aromatic N) is 1. The third-order valence-electron chi connectivity index (χ3n) is 3.20. The summed E-state index contributed by atoms with van der Waals surface area (Å²) in [5.41, 5.74) is 3.62. The molecule has 0 saturated heterocycles. The van der Waals surface area contributed by atoms with Crippen molar-refractivity contribution in [2.45, 2.75) is 19.9 Å². The van der Waals surface area contributed by atoms with E-state index >= 15 is 0 Å². The number of rotatable bonds is 3. The minimum absolute atomic E-state index is 0.720. The van der Waals surface area contributed by atoms with Crippen LogP contribution in [0, 0.1) is 6.92 Å². The van der Waals surface area contributed by atoms with Crippen LogP contribution in [-0.4, -0.2) is 11.6 Å². The van der Waals surface area contributed by atoms with Gasteiger partial charge in [-0.2, -0.15) is 0 Å². The topological polar surface area (TPSA) is 34.1 Å². The zero-order valence-corrected chi connectivity index (χ0v) is 12.3. The van der Waals surface area contributed by atoms with E-state index in [1.165, 1.54) is 11.1 Å². The summed E-state index contributed by atoms with van der Waals surface area (Å²) in [6.07, 6.45) is 2.86. The summed E-state index contributed by atoms with van der Waals surface area (Å²) >= 11 is 3.55. The molecule has 2 aromatic rings. The molecule has 3 nitrogen and oxygen atoms in total. The highest BCUT2D eigenvalue weighted by Crippen LogP contribution is 2.33. The van der Waals surface area contributed by atoms with Crippen molar-refractivity contribution in [3.63, 3.8) is 0 Å². The van der Waals surface area contributed by atoms with Gasteiger partial charge in [-0.3, -0.25) is 0 Å². The monoisotopic (exact) mass is 318 g/mol. The zero-order valence-electron chi connectivity index (χ0n) is 10.7. The fraction of sp³-hybridized carbons (Fsp3) is 0.267. The maximum absolute atomic E-state index is 5.71. The molecule has 1 aromatic carbocycles. The first-order valence-corrected chi connectivity index (χ1v) is 7.12. The van der Waals surface area contributed by atoms with E-state index in [1.807, 2.05) is 19.2 Å². The summed E-state index contributed by atoms with van der Waals surface area (Å²) in [5.74, 6) is 1.92. The standard InChI is InChI=1S/C15H15BrN2O/c1-10-2-3-14(17-8-10)18-9-12-7-13(16)6-11-4-5-19-15(11)12/h2-3,6-8H,4-5,9H2,1H3,(H,17,18).